The zero-order valence-corrected chi connectivity index (χ0v) is 13.9. The van der Waals surface area contributed by atoms with Gasteiger partial charge in [-0.3, -0.25) is 4.79 Å². The highest BCUT2D eigenvalue weighted by atomic mass is 19.4. The molecule has 0 bridgehead atoms. The van der Waals surface area contributed by atoms with Crippen molar-refractivity contribution in [2.75, 3.05) is 13.1 Å². The molecular formula is C19H15F6NO. The van der Waals surface area contributed by atoms with Gasteiger partial charge in [-0.25, -0.2) is 0 Å². The third-order valence-corrected chi connectivity index (χ3v) is 4.58. The zero-order chi connectivity index (χ0) is 19.8. The maximum Gasteiger partial charge on any atom is 0.416 e. The van der Waals surface area contributed by atoms with Gasteiger partial charge in [-0.15, -0.1) is 0 Å². The number of carbonyl (C=O) groups excluding carboxylic acids is 1. The number of alkyl halides is 6. The largest absolute Gasteiger partial charge is 0.416 e. The quantitative estimate of drug-likeness (QED) is 0.636. The first kappa shape index (κ1) is 19.3. The van der Waals surface area contributed by atoms with Gasteiger partial charge in [0.1, 0.15) is 0 Å². The number of likely N-dealkylation sites (tertiary alicyclic amines) is 1. The van der Waals surface area contributed by atoms with Crippen LogP contribution < -0.4 is 0 Å². The van der Waals surface area contributed by atoms with E-state index in [9.17, 15) is 31.1 Å². The van der Waals surface area contributed by atoms with E-state index >= 15 is 0 Å². The molecule has 2 nitrogen and oxygen atoms in total. The zero-order valence-electron chi connectivity index (χ0n) is 13.9. The summed E-state index contributed by atoms with van der Waals surface area (Å²) in [5, 5.41) is 0. The number of hydrogen-bond acceptors (Lipinski definition) is 1. The Morgan fingerprint density at radius 3 is 1.96 bits per heavy atom. The van der Waals surface area contributed by atoms with E-state index in [2.05, 4.69) is 0 Å². The molecule has 1 unspecified atom stereocenters. The maximum absolute atomic E-state index is 13.0. The molecule has 3 rings (SSSR count). The number of halogens is 6. The van der Waals surface area contributed by atoms with Crippen LogP contribution in [0.5, 0.6) is 0 Å². The van der Waals surface area contributed by atoms with Crippen molar-refractivity contribution in [1.29, 1.82) is 0 Å². The molecule has 0 aliphatic carbocycles. The summed E-state index contributed by atoms with van der Waals surface area (Å²) in [5.74, 6) is -0.826. The number of amides is 1. The summed E-state index contributed by atoms with van der Waals surface area (Å²) < 4.78 is 77.8. The normalized spacial score (nSPS) is 18.0. The van der Waals surface area contributed by atoms with E-state index in [-0.39, 0.29) is 25.1 Å². The first-order valence-corrected chi connectivity index (χ1v) is 8.19. The molecule has 1 heterocycles. The highest BCUT2D eigenvalue weighted by Crippen LogP contribution is 2.37. The van der Waals surface area contributed by atoms with Crippen LogP contribution in [0.3, 0.4) is 0 Å². The lowest BCUT2D eigenvalue weighted by molar-refractivity contribution is -0.143. The Labute approximate surface area is 151 Å². The predicted molar refractivity (Wildman–Crippen MR) is 86.1 cm³/mol. The second-order valence-corrected chi connectivity index (χ2v) is 6.44. The molecule has 2 aromatic carbocycles. The van der Waals surface area contributed by atoms with E-state index in [1.165, 1.54) is 4.90 Å². The standard InChI is InChI=1S/C19H15F6NO/c20-18(21,22)15-8-14(9-16(10-15)19(23,24)25)17(27)26-7-6-13(11-26)12-4-2-1-3-5-12/h1-5,8-10,13H,6-7,11H2. The van der Waals surface area contributed by atoms with Crippen molar-refractivity contribution in [2.45, 2.75) is 24.7 Å². The van der Waals surface area contributed by atoms with Crippen molar-refractivity contribution in [2.24, 2.45) is 0 Å². The number of benzene rings is 2. The van der Waals surface area contributed by atoms with Gasteiger partial charge in [0, 0.05) is 24.6 Å². The van der Waals surface area contributed by atoms with Gasteiger partial charge in [-0.1, -0.05) is 30.3 Å². The Kier molecular flexibility index (Phi) is 4.92. The van der Waals surface area contributed by atoms with Crippen LogP contribution in [0.1, 0.15) is 39.4 Å². The Morgan fingerprint density at radius 2 is 1.44 bits per heavy atom. The maximum atomic E-state index is 13.0. The predicted octanol–water partition coefficient (Wildman–Crippen LogP) is 5.35. The smallest absolute Gasteiger partial charge is 0.338 e. The van der Waals surface area contributed by atoms with Crippen molar-refractivity contribution in [3.63, 3.8) is 0 Å². The van der Waals surface area contributed by atoms with Gasteiger partial charge < -0.3 is 4.90 Å². The first-order chi connectivity index (χ1) is 12.6. The lowest BCUT2D eigenvalue weighted by Crippen LogP contribution is -2.29. The highest BCUT2D eigenvalue weighted by Gasteiger charge is 2.38. The molecule has 144 valence electrons. The molecule has 1 saturated heterocycles. The fourth-order valence-electron chi connectivity index (χ4n) is 3.20. The molecular weight excluding hydrogens is 372 g/mol. The summed E-state index contributed by atoms with van der Waals surface area (Å²) in [6.07, 6.45) is -9.36. The van der Waals surface area contributed by atoms with Gasteiger partial charge in [0.2, 0.25) is 0 Å². The Balaban J connectivity index is 1.88. The number of rotatable bonds is 2. The van der Waals surface area contributed by atoms with E-state index in [0.717, 1.165) is 5.56 Å². The average molecular weight is 387 g/mol. The molecule has 1 atom stereocenters. The molecule has 8 heteroatoms. The molecule has 1 fully saturated rings. The van der Waals surface area contributed by atoms with Gasteiger partial charge in [0.15, 0.2) is 0 Å². The van der Waals surface area contributed by atoms with Crippen molar-refractivity contribution in [1.82, 2.24) is 4.90 Å². The van der Waals surface area contributed by atoms with Gasteiger partial charge in [-0.2, -0.15) is 26.3 Å². The molecule has 0 spiro atoms. The van der Waals surface area contributed by atoms with Crippen LogP contribution in [-0.2, 0) is 12.4 Å². The Morgan fingerprint density at radius 1 is 0.889 bits per heavy atom. The topological polar surface area (TPSA) is 20.3 Å². The molecule has 1 aliphatic heterocycles. The third kappa shape index (κ3) is 4.26. The SMILES string of the molecule is O=C(c1cc(C(F)(F)F)cc(C(F)(F)F)c1)N1CCC(c2ccccc2)C1. The highest BCUT2D eigenvalue weighted by molar-refractivity contribution is 5.95. The van der Waals surface area contributed by atoms with Crippen LogP contribution in [0.2, 0.25) is 0 Å². The van der Waals surface area contributed by atoms with E-state index in [1.807, 2.05) is 30.3 Å². The lowest BCUT2D eigenvalue weighted by Gasteiger charge is -2.19. The minimum Gasteiger partial charge on any atom is -0.338 e. The Bertz CT molecular complexity index is 796. The minimum absolute atomic E-state index is 0.00281. The summed E-state index contributed by atoms with van der Waals surface area (Å²) in [6.45, 7) is 0.524. The van der Waals surface area contributed by atoms with Crippen molar-refractivity contribution >= 4 is 5.91 Å². The summed E-state index contributed by atoms with van der Waals surface area (Å²) in [4.78, 5) is 13.9. The van der Waals surface area contributed by atoms with Crippen LogP contribution in [-0.4, -0.2) is 23.9 Å². The molecule has 27 heavy (non-hydrogen) atoms. The molecule has 1 aliphatic rings. The number of nitrogens with zero attached hydrogens (tertiary/aromatic N) is 1. The molecule has 0 N–H and O–H groups in total. The van der Waals surface area contributed by atoms with E-state index in [1.54, 1.807) is 0 Å². The van der Waals surface area contributed by atoms with Crippen LogP contribution in [0, 0.1) is 0 Å². The van der Waals surface area contributed by atoms with Crippen LogP contribution in [0.4, 0.5) is 26.3 Å². The summed E-state index contributed by atoms with van der Waals surface area (Å²) in [7, 11) is 0. The molecule has 0 radical (unpaired) electrons. The molecule has 2 aromatic rings. The van der Waals surface area contributed by atoms with E-state index in [0.29, 0.717) is 18.6 Å². The lowest BCUT2D eigenvalue weighted by atomic mass is 9.99. The molecule has 1 amide bonds. The fourth-order valence-corrected chi connectivity index (χ4v) is 3.20. The van der Waals surface area contributed by atoms with Crippen molar-refractivity contribution < 1.29 is 31.1 Å². The van der Waals surface area contributed by atoms with Crippen LogP contribution in [0.15, 0.2) is 48.5 Å². The van der Waals surface area contributed by atoms with E-state index in [4.69, 9.17) is 0 Å². The monoisotopic (exact) mass is 387 g/mol. The summed E-state index contributed by atoms with van der Waals surface area (Å²) in [6, 6.07) is 10.2. The fraction of sp³-hybridized carbons (Fsp3) is 0.316. The van der Waals surface area contributed by atoms with Gasteiger partial charge >= 0.3 is 12.4 Å². The minimum atomic E-state index is -4.98. The summed E-state index contributed by atoms with van der Waals surface area (Å²) in [5.41, 5.74) is -2.60. The summed E-state index contributed by atoms with van der Waals surface area (Å²) >= 11 is 0. The number of carbonyl (C=O) groups is 1. The van der Waals surface area contributed by atoms with Gasteiger partial charge in [-0.05, 0) is 30.2 Å². The van der Waals surface area contributed by atoms with Gasteiger partial charge in [0.05, 0.1) is 11.1 Å². The van der Waals surface area contributed by atoms with Gasteiger partial charge in [0.25, 0.3) is 5.91 Å². The molecule has 0 saturated carbocycles. The third-order valence-electron chi connectivity index (χ3n) is 4.58. The number of hydrogen-bond donors (Lipinski definition) is 0. The second kappa shape index (κ2) is 6.90. The van der Waals surface area contributed by atoms with Crippen molar-refractivity contribution in [3.05, 3.63) is 70.8 Å². The molecule has 0 aromatic heterocycles. The van der Waals surface area contributed by atoms with Crippen molar-refractivity contribution in [3.8, 4) is 0 Å². The Hall–Kier alpha value is -2.51. The van der Waals surface area contributed by atoms with Crippen LogP contribution in [0.25, 0.3) is 0 Å². The first-order valence-electron chi connectivity index (χ1n) is 8.19. The average Bonchev–Trinajstić information content (AvgIpc) is 3.10. The second-order valence-electron chi connectivity index (χ2n) is 6.44. The van der Waals surface area contributed by atoms with E-state index < -0.39 is 35.0 Å². The van der Waals surface area contributed by atoms with Crippen LogP contribution >= 0.6 is 0 Å².